The van der Waals surface area contributed by atoms with Gasteiger partial charge in [-0.1, -0.05) is 13.8 Å². The maximum Gasteiger partial charge on any atom is 0.0471 e. The van der Waals surface area contributed by atoms with Crippen molar-refractivity contribution < 1.29 is 4.74 Å². The van der Waals surface area contributed by atoms with Gasteiger partial charge in [0.15, 0.2) is 0 Å². The minimum atomic E-state index is 0.404. The molecule has 0 bridgehead atoms. The molecule has 94 valence electrons. The Labute approximate surface area is 104 Å². The third-order valence-corrected chi connectivity index (χ3v) is 5.94. The Bertz CT molecular complexity index is 228. The Balaban J connectivity index is 1.85. The fourth-order valence-corrected chi connectivity index (χ4v) is 4.74. The largest absolute Gasteiger partial charge is 0.381 e. The van der Waals surface area contributed by atoms with Gasteiger partial charge in [0.25, 0.3) is 0 Å². The number of hydrogen-bond donors (Lipinski definition) is 1. The monoisotopic (exact) mass is 243 g/mol. The van der Waals surface area contributed by atoms with Gasteiger partial charge in [-0.2, -0.15) is 11.8 Å². The van der Waals surface area contributed by atoms with Crippen molar-refractivity contribution in [3.63, 3.8) is 0 Å². The van der Waals surface area contributed by atoms with Crippen LogP contribution in [0.1, 0.15) is 39.5 Å². The van der Waals surface area contributed by atoms with Crippen LogP contribution in [0.25, 0.3) is 0 Å². The molecule has 0 aromatic rings. The molecule has 0 aromatic heterocycles. The number of nitrogens with two attached hydrogens (primary N) is 1. The summed E-state index contributed by atoms with van der Waals surface area (Å²) in [7, 11) is 0. The van der Waals surface area contributed by atoms with Crippen molar-refractivity contribution in [2.45, 2.75) is 44.3 Å². The van der Waals surface area contributed by atoms with Crippen LogP contribution in [-0.2, 0) is 4.74 Å². The van der Waals surface area contributed by atoms with Crippen molar-refractivity contribution in [1.82, 2.24) is 0 Å². The second-order valence-electron chi connectivity index (χ2n) is 6.06. The van der Waals surface area contributed by atoms with E-state index >= 15 is 0 Å². The molecule has 1 saturated heterocycles. The van der Waals surface area contributed by atoms with E-state index in [1.807, 2.05) is 0 Å². The van der Waals surface area contributed by atoms with Crippen LogP contribution in [0.3, 0.4) is 0 Å². The van der Waals surface area contributed by atoms with E-state index in [1.165, 1.54) is 31.4 Å². The van der Waals surface area contributed by atoms with Crippen molar-refractivity contribution in [2.24, 2.45) is 17.1 Å². The number of thioether (sulfide) groups is 1. The lowest BCUT2D eigenvalue weighted by Gasteiger charge is -2.57. The van der Waals surface area contributed by atoms with Crippen LogP contribution in [0.4, 0.5) is 0 Å². The van der Waals surface area contributed by atoms with E-state index in [2.05, 4.69) is 25.6 Å². The zero-order chi connectivity index (χ0) is 11.6. The molecule has 1 spiro atoms. The highest BCUT2D eigenvalue weighted by Gasteiger charge is 2.54. The van der Waals surface area contributed by atoms with Gasteiger partial charge in [-0.05, 0) is 42.8 Å². The molecule has 1 saturated carbocycles. The lowest BCUT2D eigenvalue weighted by Crippen LogP contribution is -2.56. The van der Waals surface area contributed by atoms with Gasteiger partial charge in [0, 0.05) is 24.5 Å². The molecule has 0 radical (unpaired) electrons. The zero-order valence-electron chi connectivity index (χ0n) is 10.6. The Hall–Kier alpha value is 0.270. The fourth-order valence-electron chi connectivity index (χ4n) is 3.12. The summed E-state index contributed by atoms with van der Waals surface area (Å²) in [5.41, 5.74) is 6.59. The van der Waals surface area contributed by atoms with Crippen molar-refractivity contribution >= 4 is 11.8 Å². The number of ether oxygens (including phenoxy) is 1. The molecule has 1 aliphatic heterocycles. The van der Waals surface area contributed by atoms with Crippen LogP contribution in [0.2, 0.25) is 0 Å². The van der Waals surface area contributed by atoms with Crippen LogP contribution in [0.5, 0.6) is 0 Å². The molecular weight excluding hydrogens is 218 g/mol. The van der Waals surface area contributed by atoms with E-state index in [4.69, 9.17) is 10.5 Å². The van der Waals surface area contributed by atoms with E-state index in [0.717, 1.165) is 25.7 Å². The van der Waals surface area contributed by atoms with Gasteiger partial charge in [0.1, 0.15) is 0 Å². The van der Waals surface area contributed by atoms with E-state index in [-0.39, 0.29) is 0 Å². The van der Waals surface area contributed by atoms with Crippen LogP contribution < -0.4 is 5.73 Å². The minimum absolute atomic E-state index is 0.404. The molecule has 2 N–H and O–H groups in total. The Morgan fingerprint density at radius 2 is 1.88 bits per heavy atom. The highest BCUT2D eigenvalue weighted by molar-refractivity contribution is 8.00. The highest BCUT2D eigenvalue weighted by atomic mass is 32.2. The molecule has 2 rings (SSSR count). The van der Waals surface area contributed by atoms with E-state index in [9.17, 15) is 0 Å². The molecule has 0 amide bonds. The lowest BCUT2D eigenvalue weighted by molar-refractivity contribution is -0.0451. The Morgan fingerprint density at radius 3 is 2.38 bits per heavy atom. The first-order valence-corrected chi connectivity index (χ1v) is 7.50. The van der Waals surface area contributed by atoms with Crippen molar-refractivity contribution in [3.05, 3.63) is 0 Å². The molecule has 2 nitrogen and oxygen atoms in total. The zero-order valence-corrected chi connectivity index (χ0v) is 11.4. The van der Waals surface area contributed by atoms with Gasteiger partial charge in [-0.3, -0.25) is 0 Å². The van der Waals surface area contributed by atoms with Gasteiger partial charge >= 0.3 is 0 Å². The van der Waals surface area contributed by atoms with Crippen molar-refractivity contribution in [1.29, 1.82) is 0 Å². The number of hydrogen-bond acceptors (Lipinski definition) is 3. The summed E-state index contributed by atoms with van der Waals surface area (Å²) in [6.45, 7) is 7.37. The van der Waals surface area contributed by atoms with Gasteiger partial charge in [-0.25, -0.2) is 0 Å². The van der Waals surface area contributed by atoms with E-state index < -0.39 is 0 Å². The molecule has 1 heterocycles. The molecular formula is C13H25NOS. The average molecular weight is 243 g/mol. The third-order valence-electron chi connectivity index (χ3n) is 4.04. The predicted octanol–water partition coefficient (Wildman–Crippen LogP) is 2.66. The normalized spacial score (nSPS) is 27.0. The standard InChI is InChI=1S/C13H25NOS/c1-11(2)7-16-13(10-14)8-12(9-13)3-5-15-6-4-12/h11H,3-10,14H2,1-2H3. The molecule has 16 heavy (non-hydrogen) atoms. The van der Waals surface area contributed by atoms with Gasteiger partial charge in [-0.15, -0.1) is 0 Å². The fraction of sp³-hybridized carbons (Fsp3) is 1.00. The topological polar surface area (TPSA) is 35.2 Å². The molecule has 3 heteroatoms. The average Bonchev–Trinajstić information content (AvgIpc) is 2.24. The summed E-state index contributed by atoms with van der Waals surface area (Å²) in [5, 5.41) is 0. The summed E-state index contributed by atoms with van der Waals surface area (Å²) in [4.78, 5) is 0. The molecule has 0 unspecified atom stereocenters. The summed E-state index contributed by atoms with van der Waals surface area (Å²) in [6.07, 6.45) is 5.18. The van der Waals surface area contributed by atoms with E-state index in [1.54, 1.807) is 0 Å². The summed E-state index contributed by atoms with van der Waals surface area (Å²) < 4.78 is 5.87. The van der Waals surface area contributed by atoms with Crippen LogP contribution >= 0.6 is 11.8 Å². The molecule has 2 fully saturated rings. The van der Waals surface area contributed by atoms with Crippen LogP contribution in [-0.4, -0.2) is 30.3 Å². The van der Waals surface area contributed by atoms with Gasteiger partial charge in [0.2, 0.25) is 0 Å². The smallest absolute Gasteiger partial charge is 0.0471 e. The van der Waals surface area contributed by atoms with Gasteiger partial charge in [0.05, 0.1) is 0 Å². The maximum atomic E-state index is 5.99. The Kier molecular flexibility index (Phi) is 3.87. The quantitative estimate of drug-likeness (QED) is 0.824. The molecule has 1 aliphatic carbocycles. The SMILES string of the molecule is CC(C)CSC1(CN)CC2(CCOCC2)C1. The Morgan fingerprint density at radius 1 is 1.25 bits per heavy atom. The first kappa shape index (κ1) is 12.7. The predicted molar refractivity (Wildman–Crippen MR) is 70.8 cm³/mol. The lowest BCUT2D eigenvalue weighted by atomic mass is 9.57. The molecule has 2 aliphatic rings. The van der Waals surface area contributed by atoms with Gasteiger partial charge < -0.3 is 10.5 Å². The van der Waals surface area contributed by atoms with Crippen LogP contribution in [0, 0.1) is 11.3 Å². The van der Waals surface area contributed by atoms with Crippen molar-refractivity contribution in [2.75, 3.05) is 25.5 Å². The summed E-state index contributed by atoms with van der Waals surface area (Å²) in [5.74, 6) is 2.03. The van der Waals surface area contributed by atoms with Crippen LogP contribution in [0.15, 0.2) is 0 Å². The number of rotatable bonds is 4. The van der Waals surface area contributed by atoms with Crippen molar-refractivity contribution in [3.8, 4) is 0 Å². The second kappa shape index (κ2) is 4.87. The second-order valence-corrected chi connectivity index (χ2v) is 7.55. The first-order chi connectivity index (χ1) is 7.60. The third kappa shape index (κ3) is 2.57. The van der Waals surface area contributed by atoms with E-state index in [0.29, 0.717) is 10.2 Å². The maximum absolute atomic E-state index is 5.99. The molecule has 0 atom stereocenters. The summed E-state index contributed by atoms with van der Waals surface area (Å²) in [6, 6.07) is 0. The highest BCUT2D eigenvalue weighted by Crippen LogP contribution is 2.59. The minimum Gasteiger partial charge on any atom is -0.381 e. The summed E-state index contributed by atoms with van der Waals surface area (Å²) >= 11 is 2.12. The molecule has 0 aromatic carbocycles. The first-order valence-electron chi connectivity index (χ1n) is 6.52.